The molecule has 0 aliphatic heterocycles. The second-order valence-corrected chi connectivity index (χ2v) is 6.37. The third-order valence-corrected chi connectivity index (χ3v) is 4.45. The van der Waals surface area contributed by atoms with Crippen LogP contribution in [0.25, 0.3) is 0 Å². The molecule has 0 unspecified atom stereocenters. The molecular formula is C15H12FNO3S. The van der Waals surface area contributed by atoms with Crippen molar-refractivity contribution in [2.75, 3.05) is 12.4 Å². The third-order valence-electron chi connectivity index (χ3n) is 2.76. The maximum absolute atomic E-state index is 12.8. The normalized spacial score (nSPS) is 10.9. The third kappa shape index (κ3) is 4.04. The van der Waals surface area contributed by atoms with Crippen LogP contribution in [0.4, 0.5) is 4.39 Å². The Morgan fingerprint density at radius 3 is 2.52 bits per heavy atom. The summed E-state index contributed by atoms with van der Waals surface area (Å²) >= 11 is 0. The van der Waals surface area contributed by atoms with Crippen LogP contribution < -0.4 is 4.74 Å². The lowest BCUT2D eigenvalue weighted by atomic mass is 10.2. The molecule has 2 aromatic carbocycles. The molecule has 0 aromatic heterocycles. The Morgan fingerprint density at radius 1 is 1.14 bits per heavy atom. The first-order chi connectivity index (χ1) is 10.0. The topological polar surface area (TPSA) is 67.2 Å². The van der Waals surface area contributed by atoms with Gasteiger partial charge in [-0.2, -0.15) is 5.26 Å². The molecule has 4 nitrogen and oxygen atoms in total. The zero-order chi connectivity index (χ0) is 15.3. The number of hydrogen-bond acceptors (Lipinski definition) is 4. The van der Waals surface area contributed by atoms with E-state index in [1.165, 1.54) is 18.2 Å². The molecule has 0 aliphatic carbocycles. The zero-order valence-electron chi connectivity index (χ0n) is 11.0. The van der Waals surface area contributed by atoms with E-state index in [-0.39, 0.29) is 17.3 Å². The number of nitriles is 1. The lowest BCUT2D eigenvalue weighted by Crippen LogP contribution is -2.14. The summed E-state index contributed by atoms with van der Waals surface area (Å²) in [6.07, 6.45) is 0. The van der Waals surface area contributed by atoms with Gasteiger partial charge in [0.25, 0.3) is 0 Å². The van der Waals surface area contributed by atoms with Gasteiger partial charge in [0.05, 0.1) is 22.3 Å². The Balaban J connectivity index is 1.99. The quantitative estimate of drug-likeness (QED) is 0.796. The summed E-state index contributed by atoms with van der Waals surface area (Å²) in [5.41, 5.74) is 0.439. The Kier molecular flexibility index (Phi) is 4.55. The maximum Gasteiger partial charge on any atom is 0.181 e. The molecule has 0 amide bonds. The Bertz CT molecular complexity index is 764. The first-order valence-corrected chi connectivity index (χ1v) is 7.78. The summed E-state index contributed by atoms with van der Waals surface area (Å²) in [5, 5.41) is 8.76. The molecule has 0 N–H and O–H groups in total. The van der Waals surface area contributed by atoms with Gasteiger partial charge in [-0.25, -0.2) is 12.8 Å². The minimum absolute atomic E-state index is 0.0470. The Hall–Kier alpha value is -2.39. The standard InChI is InChI=1S/C15H12FNO3S/c16-13-4-6-15(7-5-13)21(18,19)9-8-20-14-3-1-2-12(10-14)11-17/h1-7,10H,8-9H2. The molecule has 0 atom stereocenters. The van der Waals surface area contributed by atoms with Crippen molar-refractivity contribution in [3.8, 4) is 11.8 Å². The lowest BCUT2D eigenvalue weighted by Gasteiger charge is -2.07. The minimum atomic E-state index is -3.52. The summed E-state index contributed by atoms with van der Waals surface area (Å²) in [6.45, 7) is -0.0470. The van der Waals surface area contributed by atoms with E-state index in [2.05, 4.69) is 0 Å². The monoisotopic (exact) mass is 305 g/mol. The highest BCUT2D eigenvalue weighted by molar-refractivity contribution is 7.91. The van der Waals surface area contributed by atoms with Gasteiger partial charge in [-0.1, -0.05) is 6.07 Å². The van der Waals surface area contributed by atoms with Crippen molar-refractivity contribution in [2.24, 2.45) is 0 Å². The summed E-state index contributed by atoms with van der Waals surface area (Å²) in [7, 11) is -3.52. The number of nitrogens with zero attached hydrogens (tertiary/aromatic N) is 1. The average molecular weight is 305 g/mol. The maximum atomic E-state index is 12.8. The number of halogens is 1. The van der Waals surface area contributed by atoms with E-state index in [1.807, 2.05) is 6.07 Å². The molecule has 2 aromatic rings. The van der Waals surface area contributed by atoms with Crippen LogP contribution >= 0.6 is 0 Å². The number of hydrogen-bond donors (Lipinski definition) is 0. The number of benzene rings is 2. The molecule has 0 heterocycles. The van der Waals surface area contributed by atoms with Gasteiger partial charge in [-0.3, -0.25) is 0 Å². The van der Waals surface area contributed by atoms with Gasteiger partial charge in [-0.15, -0.1) is 0 Å². The molecule has 0 spiro atoms. The van der Waals surface area contributed by atoms with Crippen LogP contribution in [-0.4, -0.2) is 20.8 Å². The largest absolute Gasteiger partial charge is 0.492 e. The van der Waals surface area contributed by atoms with Crippen molar-refractivity contribution in [2.45, 2.75) is 4.90 Å². The zero-order valence-corrected chi connectivity index (χ0v) is 11.8. The number of rotatable bonds is 5. The van der Waals surface area contributed by atoms with Gasteiger partial charge in [0.15, 0.2) is 9.84 Å². The highest BCUT2D eigenvalue weighted by Crippen LogP contribution is 2.15. The first kappa shape index (κ1) is 15.0. The fourth-order valence-corrected chi connectivity index (χ4v) is 2.77. The van der Waals surface area contributed by atoms with Gasteiger partial charge in [0.2, 0.25) is 0 Å². The van der Waals surface area contributed by atoms with Crippen LogP contribution in [0, 0.1) is 17.1 Å². The van der Waals surface area contributed by atoms with Gasteiger partial charge >= 0.3 is 0 Å². The second kappa shape index (κ2) is 6.37. The van der Waals surface area contributed by atoms with Crippen LogP contribution in [0.5, 0.6) is 5.75 Å². The summed E-state index contributed by atoms with van der Waals surface area (Å²) in [5.74, 6) is -0.281. The molecule has 6 heteroatoms. The number of ether oxygens (including phenoxy) is 1. The van der Waals surface area contributed by atoms with Crippen LogP contribution in [0.3, 0.4) is 0 Å². The van der Waals surface area contributed by atoms with Crippen molar-refractivity contribution in [1.82, 2.24) is 0 Å². The van der Waals surface area contributed by atoms with Crippen molar-refractivity contribution in [3.63, 3.8) is 0 Å². The predicted octanol–water partition coefficient (Wildman–Crippen LogP) is 2.55. The van der Waals surface area contributed by atoms with Crippen molar-refractivity contribution in [3.05, 3.63) is 59.9 Å². The van der Waals surface area contributed by atoms with Crippen LogP contribution in [0.2, 0.25) is 0 Å². The number of sulfone groups is 1. The second-order valence-electron chi connectivity index (χ2n) is 4.26. The van der Waals surface area contributed by atoms with Crippen LogP contribution in [0.1, 0.15) is 5.56 Å². The first-order valence-electron chi connectivity index (χ1n) is 6.12. The Labute approximate surface area is 122 Å². The lowest BCUT2D eigenvalue weighted by molar-refractivity contribution is 0.341. The fraction of sp³-hybridized carbons (Fsp3) is 0.133. The van der Waals surface area contributed by atoms with E-state index in [4.69, 9.17) is 10.00 Å². The Morgan fingerprint density at radius 2 is 1.86 bits per heavy atom. The van der Waals surface area contributed by atoms with E-state index in [0.717, 1.165) is 12.1 Å². The van der Waals surface area contributed by atoms with Gasteiger partial charge in [0.1, 0.15) is 18.2 Å². The summed E-state index contributed by atoms with van der Waals surface area (Å²) in [4.78, 5) is 0.0540. The smallest absolute Gasteiger partial charge is 0.181 e. The van der Waals surface area contributed by atoms with E-state index < -0.39 is 15.7 Å². The molecule has 108 valence electrons. The molecule has 0 saturated carbocycles. The van der Waals surface area contributed by atoms with E-state index >= 15 is 0 Å². The van der Waals surface area contributed by atoms with Crippen LogP contribution in [0.15, 0.2) is 53.4 Å². The molecule has 0 saturated heterocycles. The molecule has 0 radical (unpaired) electrons. The van der Waals surface area contributed by atoms with Crippen LogP contribution in [-0.2, 0) is 9.84 Å². The van der Waals surface area contributed by atoms with Crippen molar-refractivity contribution in [1.29, 1.82) is 5.26 Å². The summed E-state index contributed by atoms with van der Waals surface area (Å²) in [6, 6.07) is 13.1. The molecule has 21 heavy (non-hydrogen) atoms. The average Bonchev–Trinajstić information content (AvgIpc) is 2.48. The molecule has 0 aliphatic rings. The van der Waals surface area contributed by atoms with Gasteiger partial charge < -0.3 is 4.74 Å². The highest BCUT2D eigenvalue weighted by atomic mass is 32.2. The highest BCUT2D eigenvalue weighted by Gasteiger charge is 2.14. The van der Waals surface area contributed by atoms with E-state index in [0.29, 0.717) is 11.3 Å². The summed E-state index contributed by atoms with van der Waals surface area (Å²) < 4.78 is 42.1. The fourth-order valence-electron chi connectivity index (χ4n) is 1.68. The molecule has 2 rings (SSSR count). The van der Waals surface area contributed by atoms with Gasteiger partial charge in [-0.05, 0) is 42.5 Å². The SMILES string of the molecule is N#Cc1cccc(OCCS(=O)(=O)c2ccc(F)cc2)c1. The van der Waals surface area contributed by atoms with Crippen molar-refractivity contribution < 1.29 is 17.5 Å². The molecule has 0 bridgehead atoms. The predicted molar refractivity (Wildman–Crippen MR) is 75.1 cm³/mol. The van der Waals surface area contributed by atoms with Gasteiger partial charge in [0, 0.05) is 0 Å². The molecule has 0 fully saturated rings. The molecular weight excluding hydrogens is 293 g/mol. The minimum Gasteiger partial charge on any atom is -0.492 e. The van der Waals surface area contributed by atoms with E-state index in [9.17, 15) is 12.8 Å². The van der Waals surface area contributed by atoms with Crippen molar-refractivity contribution >= 4 is 9.84 Å². The van der Waals surface area contributed by atoms with E-state index in [1.54, 1.807) is 18.2 Å².